The van der Waals surface area contributed by atoms with Crippen LogP contribution >= 0.6 is 22.9 Å². The highest BCUT2D eigenvalue weighted by Gasteiger charge is 2.20. The molecule has 3 rings (SSSR count). The van der Waals surface area contributed by atoms with E-state index in [4.69, 9.17) is 16.3 Å². The van der Waals surface area contributed by atoms with Gasteiger partial charge in [0.2, 0.25) is 0 Å². The molecule has 8 heteroatoms. The molecule has 1 aromatic heterocycles. The maximum Gasteiger partial charge on any atom is 0.325 e. The molecular weight excluding hydrogens is 424 g/mol. The zero-order valence-electron chi connectivity index (χ0n) is 16.1. The molecular formula is C22H19ClN2O4S. The number of thiophene rings is 1. The maximum atomic E-state index is 13.0. The molecule has 3 aromatic rings. The fourth-order valence-corrected chi connectivity index (χ4v) is 3.45. The second-order valence-corrected chi connectivity index (χ2v) is 7.76. The average Bonchev–Trinajstić information content (AvgIpc) is 3.30. The van der Waals surface area contributed by atoms with Crippen LogP contribution in [0, 0.1) is 0 Å². The second-order valence-electron chi connectivity index (χ2n) is 6.37. The summed E-state index contributed by atoms with van der Waals surface area (Å²) >= 11 is 7.26. The zero-order chi connectivity index (χ0) is 21.5. The van der Waals surface area contributed by atoms with Crippen molar-refractivity contribution in [3.63, 3.8) is 0 Å². The number of hydrogen-bond acceptors (Lipinski definition) is 5. The van der Waals surface area contributed by atoms with E-state index in [1.807, 2.05) is 5.38 Å². The van der Waals surface area contributed by atoms with Crippen molar-refractivity contribution in [3.05, 3.63) is 87.1 Å². The Balaban J connectivity index is 1.73. The minimum atomic E-state index is -0.517. The van der Waals surface area contributed by atoms with Gasteiger partial charge in [0.05, 0.1) is 12.0 Å². The van der Waals surface area contributed by atoms with Crippen molar-refractivity contribution in [2.24, 2.45) is 0 Å². The van der Waals surface area contributed by atoms with E-state index in [1.54, 1.807) is 60.7 Å². The first-order valence-electron chi connectivity index (χ1n) is 9.01. The second kappa shape index (κ2) is 10.0. The molecule has 0 spiro atoms. The number of esters is 1. The summed E-state index contributed by atoms with van der Waals surface area (Å²) in [4.78, 5) is 38.9. The molecule has 0 aliphatic heterocycles. The summed E-state index contributed by atoms with van der Waals surface area (Å²) in [6, 6.07) is 17.1. The predicted molar refractivity (Wildman–Crippen MR) is 117 cm³/mol. The van der Waals surface area contributed by atoms with Gasteiger partial charge in [0, 0.05) is 22.8 Å². The average molecular weight is 443 g/mol. The number of halogens is 1. The fourth-order valence-electron chi connectivity index (χ4n) is 2.71. The van der Waals surface area contributed by atoms with Crippen LogP contribution in [0.15, 0.2) is 66.0 Å². The van der Waals surface area contributed by atoms with Crippen molar-refractivity contribution in [3.8, 4) is 0 Å². The first kappa shape index (κ1) is 21.5. The first-order chi connectivity index (χ1) is 14.5. The Bertz CT molecular complexity index is 1020. The van der Waals surface area contributed by atoms with Crippen molar-refractivity contribution in [1.82, 2.24) is 4.90 Å². The van der Waals surface area contributed by atoms with Gasteiger partial charge < -0.3 is 15.0 Å². The number of nitrogens with zero attached hydrogens (tertiary/aromatic N) is 1. The van der Waals surface area contributed by atoms with Gasteiger partial charge in [-0.15, -0.1) is 11.3 Å². The summed E-state index contributed by atoms with van der Waals surface area (Å²) in [7, 11) is 1.28. The van der Waals surface area contributed by atoms with E-state index in [1.165, 1.54) is 23.3 Å². The third kappa shape index (κ3) is 5.68. The van der Waals surface area contributed by atoms with Crippen LogP contribution in [0.1, 0.15) is 25.6 Å². The highest BCUT2D eigenvalue weighted by atomic mass is 35.5. The molecule has 0 aliphatic rings. The maximum absolute atomic E-state index is 13.0. The number of carbonyl (C=O) groups is 3. The molecule has 0 saturated heterocycles. The normalized spacial score (nSPS) is 10.3. The van der Waals surface area contributed by atoms with E-state index >= 15 is 0 Å². The molecule has 1 heterocycles. The molecule has 2 amide bonds. The lowest BCUT2D eigenvalue weighted by Crippen LogP contribution is -2.35. The van der Waals surface area contributed by atoms with Crippen LogP contribution in [0.25, 0.3) is 0 Å². The fraction of sp³-hybridized carbons (Fsp3) is 0.136. The van der Waals surface area contributed by atoms with Gasteiger partial charge >= 0.3 is 5.97 Å². The Morgan fingerprint density at radius 1 is 1.03 bits per heavy atom. The number of anilines is 1. The Morgan fingerprint density at radius 3 is 2.33 bits per heavy atom. The molecule has 0 aliphatic carbocycles. The number of rotatable bonds is 7. The van der Waals surface area contributed by atoms with Crippen LogP contribution in [0.2, 0.25) is 5.02 Å². The summed E-state index contributed by atoms with van der Waals surface area (Å²) < 4.78 is 4.72. The zero-order valence-corrected chi connectivity index (χ0v) is 17.7. The Hall–Kier alpha value is -3.16. The van der Waals surface area contributed by atoms with Crippen molar-refractivity contribution in [2.45, 2.75) is 6.54 Å². The third-order valence-corrected chi connectivity index (χ3v) is 5.38. The third-order valence-electron chi connectivity index (χ3n) is 4.26. The Morgan fingerprint density at radius 2 is 1.73 bits per heavy atom. The van der Waals surface area contributed by atoms with Crippen LogP contribution in [0.4, 0.5) is 5.69 Å². The smallest absolute Gasteiger partial charge is 0.325 e. The summed E-state index contributed by atoms with van der Waals surface area (Å²) in [5.41, 5.74) is 1.79. The van der Waals surface area contributed by atoms with E-state index in [2.05, 4.69) is 5.32 Å². The van der Waals surface area contributed by atoms with Gasteiger partial charge in [-0.2, -0.15) is 0 Å². The molecule has 30 heavy (non-hydrogen) atoms. The van der Waals surface area contributed by atoms with Crippen LogP contribution in [-0.2, 0) is 16.1 Å². The molecule has 6 nitrogen and oxygen atoms in total. The molecule has 0 bridgehead atoms. The van der Waals surface area contributed by atoms with E-state index in [9.17, 15) is 14.4 Å². The summed E-state index contributed by atoms with van der Waals surface area (Å²) in [5, 5.41) is 5.20. The molecule has 0 saturated carbocycles. The number of nitrogens with one attached hydrogen (secondary N) is 1. The van der Waals surface area contributed by atoms with E-state index in [0.29, 0.717) is 21.2 Å². The van der Waals surface area contributed by atoms with Crippen molar-refractivity contribution >= 4 is 46.4 Å². The number of hydrogen-bond donors (Lipinski definition) is 1. The van der Waals surface area contributed by atoms with E-state index < -0.39 is 5.97 Å². The standard InChI is InChI=1S/C22H19ClN2O4S/c1-29-20(26)14-25(13-15-4-8-17(23)9-5-15)22(28)16-6-10-18(11-7-16)24-21(27)19-3-2-12-30-19/h2-12H,13-14H2,1H3,(H,24,27). The number of amides is 2. The molecule has 0 fully saturated rings. The lowest BCUT2D eigenvalue weighted by atomic mass is 10.1. The van der Waals surface area contributed by atoms with Crippen LogP contribution < -0.4 is 5.32 Å². The molecule has 1 N–H and O–H groups in total. The largest absolute Gasteiger partial charge is 0.468 e. The molecule has 0 atom stereocenters. The highest BCUT2D eigenvalue weighted by Crippen LogP contribution is 2.17. The van der Waals surface area contributed by atoms with Gasteiger partial charge in [-0.1, -0.05) is 29.8 Å². The Kier molecular flexibility index (Phi) is 7.21. The lowest BCUT2D eigenvalue weighted by Gasteiger charge is -2.22. The summed E-state index contributed by atoms with van der Waals surface area (Å²) in [6.07, 6.45) is 0. The highest BCUT2D eigenvalue weighted by molar-refractivity contribution is 7.12. The van der Waals surface area contributed by atoms with Crippen molar-refractivity contribution < 1.29 is 19.1 Å². The summed E-state index contributed by atoms with van der Waals surface area (Å²) in [6.45, 7) is 0.0385. The number of methoxy groups -OCH3 is 1. The molecule has 154 valence electrons. The van der Waals surface area contributed by atoms with Crippen LogP contribution in [0.3, 0.4) is 0 Å². The van der Waals surface area contributed by atoms with Crippen LogP contribution in [0.5, 0.6) is 0 Å². The number of ether oxygens (including phenoxy) is 1. The van der Waals surface area contributed by atoms with E-state index in [-0.39, 0.29) is 24.9 Å². The minimum Gasteiger partial charge on any atom is -0.468 e. The van der Waals surface area contributed by atoms with Gasteiger partial charge in [0.1, 0.15) is 6.54 Å². The van der Waals surface area contributed by atoms with Crippen LogP contribution in [-0.4, -0.2) is 36.3 Å². The number of benzene rings is 2. The van der Waals surface area contributed by atoms with Crippen molar-refractivity contribution in [2.75, 3.05) is 19.0 Å². The van der Waals surface area contributed by atoms with Gasteiger partial charge in [-0.3, -0.25) is 14.4 Å². The topological polar surface area (TPSA) is 75.7 Å². The van der Waals surface area contributed by atoms with Gasteiger partial charge in [0.15, 0.2) is 0 Å². The molecule has 0 unspecified atom stereocenters. The summed E-state index contributed by atoms with van der Waals surface area (Å²) in [5.74, 6) is -1.05. The molecule has 0 radical (unpaired) electrons. The SMILES string of the molecule is COC(=O)CN(Cc1ccc(Cl)cc1)C(=O)c1ccc(NC(=O)c2cccs2)cc1. The van der Waals surface area contributed by atoms with Gasteiger partial charge in [0.25, 0.3) is 11.8 Å². The minimum absolute atomic E-state index is 0.186. The van der Waals surface area contributed by atoms with Gasteiger partial charge in [-0.05, 0) is 53.4 Å². The monoisotopic (exact) mass is 442 g/mol. The Labute approximate surface area is 183 Å². The lowest BCUT2D eigenvalue weighted by molar-refractivity contribution is -0.141. The quantitative estimate of drug-likeness (QED) is 0.548. The van der Waals surface area contributed by atoms with Gasteiger partial charge in [-0.25, -0.2) is 0 Å². The first-order valence-corrected chi connectivity index (χ1v) is 10.3. The molecule has 2 aromatic carbocycles. The van der Waals surface area contributed by atoms with Crippen molar-refractivity contribution in [1.29, 1.82) is 0 Å². The predicted octanol–water partition coefficient (Wildman–Crippen LogP) is 4.47. The van der Waals surface area contributed by atoms with E-state index in [0.717, 1.165) is 5.56 Å². The number of carbonyl (C=O) groups excluding carboxylic acids is 3.